The molecule has 1 N–H and O–H groups in total. The quantitative estimate of drug-likeness (QED) is 0.232. The Bertz CT molecular complexity index is 1220. The molecular formula is C31H30O5. The first-order valence-electron chi connectivity index (χ1n) is 12.6. The number of hydrogen-bond donors (Lipinski definition) is 1. The lowest BCUT2D eigenvalue weighted by Crippen LogP contribution is -2.27. The molecule has 0 bridgehead atoms. The number of carbonyl (C=O) groups excluding carboxylic acids is 2. The van der Waals surface area contributed by atoms with E-state index >= 15 is 0 Å². The Morgan fingerprint density at radius 1 is 0.944 bits per heavy atom. The van der Waals surface area contributed by atoms with Crippen LogP contribution in [0, 0.1) is 11.8 Å². The van der Waals surface area contributed by atoms with E-state index in [1.807, 2.05) is 66.7 Å². The molecule has 1 aliphatic heterocycles. The van der Waals surface area contributed by atoms with Crippen molar-refractivity contribution in [2.45, 2.75) is 44.3 Å². The number of carbonyl (C=O) groups is 2. The van der Waals surface area contributed by atoms with Gasteiger partial charge >= 0.3 is 11.9 Å². The average molecular weight is 483 g/mol. The van der Waals surface area contributed by atoms with Gasteiger partial charge in [-0.25, -0.2) is 4.79 Å². The molecule has 0 amide bonds. The number of aryl methyl sites for hydroxylation is 1. The van der Waals surface area contributed by atoms with E-state index in [9.17, 15) is 14.7 Å². The van der Waals surface area contributed by atoms with Crippen LogP contribution < -0.4 is 0 Å². The second-order valence-electron chi connectivity index (χ2n) is 9.55. The van der Waals surface area contributed by atoms with E-state index in [0.717, 1.165) is 24.0 Å². The van der Waals surface area contributed by atoms with E-state index in [1.165, 1.54) is 5.56 Å². The molecule has 184 valence electrons. The fourth-order valence-corrected chi connectivity index (χ4v) is 5.36. The third-order valence-electron chi connectivity index (χ3n) is 7.18. The van der Waals surface area contributed by atoms with Gasteiger partial charge in [-0.15, -0.1) is 0 Å². The Kier molecular flexibility index (Phi) is 7.17. The highest BCUT2D eigenvalue weighted by atomic mass is 16.6. The summed E-state index contributed by atoms with van der Waals surface area (Å²) < 4.78 is 11.4. The van der Waals surface area contributed by atoms with Gasteiger partial charge in [-0.1, -0.05) is 72.8 Å². The largest absolute Gasteiger partial charge is 0.512 e. The van der Waals surface area contributed by atoms with Crippen LogP contribution in [0.4, 0.5) is 0 Å². The van der Waals surface area contributed by atoms with E-state index in [1.54, 1.807) is 12.1 Å². The normalized spacial score (nSPS) is 23.2. The summed E-state index contributed by atoms with van der Waals surface area (Å²) in [7, 11) is 0. The highest BCUT2D eigenvalue weighted by molar-refractivity contribution is 5.90. The van der Waals surface area contributed by atoms with Crippen molar-refractivity contribution in [1.82, 2.24) is 0 Å². The van der Waals surface area contributed by atoms with E-state index in [0.29, 0.717) is 18.4 Å². The van der Waals surface area contributed by atoms with Crippen LogP contribution in [0.1, 0.15) is 41.6 Å². The molecule has 3 aromatic carbocycles. The molecule has 1 aliphatic carbocycles. The standard InChI is InChI=1S/C31H30O5/c32-26(14-8-7-11-21-9-3-1-4-10-21)30-25-19-29(33)35-27(25)20-28(30)36-31(34)24-17-15-23(16-18-24)22-12-5-2-6-13-22/h1-6,9-10,12-18,25,27-28,30,32H,7-8,11,19-20H2/b26-14+/t25-,27-,28+,30-/m0/s1. The number of aliphatic hydroxyl groups excluding tert-OH is 1. The average Bonchev–Trinajstić information content (AvgIpc) is 3.42. The molecule has 1 saturated carbocycles. The van der Waals surface area contributed by atoms with Gasteiger partial charge < -0.3 is 14.6 Å². The van der Waals surface area contributed by atoms with E-state index in [2.05, 4.69) is 12.1 Å². The first kappa shape index (κ1) is 23.9. The molecule has 0 spiro atoms. The molecule has 0 radical (unpaired) electrons. The number of aliphatic hydroxyl groups is 1. The zero-order valence-electron chi connectivity index (χ0n) is 20.1. The molecular weight excluding hydrogens is 452 g/mol. The number of allylic oxidation sites excluding steroid dienone is 1. The summed E-state index contributed by atoms with van der Waals surface area (Å²) >= 11 is 0. The summed E-state index contributed by atoms with van der Waals surface area (Å²) in [4.78, 5) is 24.9. The van der Waals surface area contributed by atoms with Crippen LogP contribution in [-0.4, -0.2) is 29.3 Å². The lowest BCUT2D eigenvalue weighted by molar-refractivity contribution is -0.141. The van der Waals surface area contributed by atoms with Gasteiger partial charge in [0.05, 0.1) is 23.7 Å². The maximum atomic E-state index is 13.0. The van der Waals surface area contributed by atoms with Crippen LogP contribution in [0.3, 0.4) is 0 Å². The summed E-state index contributed by atoms with van der Waals surface area (Å²) in [5.41, 5.74) is 3.80. The SMILES string of the molecule is O=C1C[C@@H]2[C@@H](/C(O)=C\CCCc3ccccc3)[C@H](OC(=O)c3ccc(-c4ccccc4)cc3)C[C@@H]2O1. The molecule has 2 aliphatic rings. The minimum absolute atomic E-state index is 0.180. The van der Waals surface area contributed by atoms with Crippen molar-refractivity contribution in [3.05, 3.63) is 108 Å². The topological polar surface area (TPSA) is 72.8 Å². The number of ether oxygens (including phenoxy) is 2. The highest BCUT2D eigenvalue weighted by Crippen LogP contribution is 2.45. The summed E-state index contributed by atoms with van der Waals surface area (Å²) in [6.45, 7) is 0. The molecule has 1 heterocycles. The van der Waals surface area contributed by atoms with Gasteiger partial charge in [0, 0.05) is 12.3 Å². The van der Waals surface area contributed by atoms with Crippen molar-refractivity contribution in [1.29, 1.82) is 0 Å². The lowest BCUT2D eigenvalue weighted by atomic mass is 9.89. The predicted octanol–water partition coefficient (Wildman–Crippen LogP) is 6.30. The molecule has 0 unspecified atom stereocenters. The van der Waals surface area contributed by atoms with E-state index in [-0.39, 0.29) is 30.2 Å². The Hall–Kier alpha value is -3.86. The number of benzene rings is 3. The first-order valence-corrected chi connectivity index (χ1v) is 12.6. The molecule has 4 atom stereocenters. The Balaban J connectivity index is 1.25. The van der Waals surface area contributed by atoms with Crippen molar-refractivity contribution >= 4 is 11.9 Å². The predicted molar refractivity (Wildman–Crippen MR) is 137 cm³/mol. The summed E-state index contributed by atoms with van der Waals surface area (Å²) in [6.07, 6.45) is 4.08. The molecule has 5 rings (SSSR count). The molecule has 36 heavy (non-hydrogen) atoms. The zero-order chi connectivity index (χ0) is 24.9. The third kappa shape index (κ3) is 5.35. The van der Waals surface area contributed by atoms with Gasteiger partial charge in [0.15, 0.2) is 0 Å². The van der Waals surface area contributed by atoms with Crippen LogP contribution in [0.25, 0.3) is 11.1 Å². The van der Waals surface area contributed by atoms with Gasteiger partial charge in [0.2, 0.25) is 0 Å². The van der Waals surface area contributed by atoms with Gasteiger partial charge in [-0.3, -0.25) is 4.79 Å². The summed E-state index contributed by atoms with van der Waals surface area (Å²) in [6, 6.07) is 27.5. The fourth-order valence-electron chi connectivity index (χ4n) is 5.36. The zero-order valence-corrected chi connectivity index (χ0v) is 20.1. The van der Waals surface area contributed by atoms with Gasteiger partial charge in [0.25, 0.3) is 0 Å². The lowest BCUT2D eigenvalue weighted by Gasteiger charge is -2.22. The van der Waals surface area contributed by atoms with Crippen molar-refractivity contribution < 1.29 is 24.2 Å². The smallest absolute Gasteiger partial charge is 0.338 e. The number of fused-ring (bicyclic) bond motifs is 1. The number of hydrogen-bond acceptors (Lipinski definition) is 5. The maximum absolute atomic E-state index is 13.0. The first-order chi connectivity index (χ1) is 17.6. The minimum atomic E-state index is -0.542. The summed E-state index contributed by atoms with van der Waals surface area (Å²) in [5.74, 6) is -1.13. The second kappa shape index (κ2) is 10.8. The van der Waals surface area contributed by atoms with E-state index in [4.69, 9.17) is 9.47 Å². The van der Waals surface area contributed by atoms with Gasteiger partial charge in [0.1, 0.15) is 12.2 Å². The maximum Gasteiger partial charge on any atom is 0.338 e. The van der Waals surface area contributed by atoms with Crippen molar-refractivity contribution in [2.75, 3.05) is 0 Å². The number of rotatable bonds is 8. The van der Waals surface area contributed by atoms with Gasteiger partial charge in [-0.2, -0.15) is 0 Å². The van der Waals surface area contributed by atoms with Crippen LogP contribution in [0.2, 0.25) is 0 Å². The highest BCUT2D eigenvalue weighted by Gasteiger charge is 2.53. The monoisotopic (exact) mass is 482 g/mol. The van der Waals surface area contributed by atoms with Crippen molar-refractivity contribution in [3.63, 3.8) is 0 Å². The second-order valence-corrected chi connectivity index (χ2v) is 9.55. The molecule has 1 saturated heterocycles. The van der Waals surface area contributed by atoms with Crippen LogP contribution in [-0.2, 0) is 20.7 Å². The molecule has 5 heteroatoms. The van der Waals surface area contributed by atoms with Crippen molar-refractivity contribution in [2.24, 2.45) is 11.8 Å². The molecule has 3 aromatic rings. The third-order valence-corrected chi connectivity index (χ3v) is 7.18. The van der Waals surface area contributed by atoms with Crippen molar-refractivity contribution in [3.8, 4) is 11.1 Å². The minimum Gasteiger partial charge on any atom is -0.512 e. The van der Waals surface area contributed by atoms with E-state index < -0.39 is 18.0 Å². The molecule has 0 aromatic heterocycles. The molecule has 2 fully saturated rings. The van der Waals surface area contributed by atoms with Gasteiger partial charge in [-0.05, 0) is 54.2 Å². The number of unbranched alkanes of at least 4 members (excludes halogenated alkanes) is 1. The Morgan fingerprint density at radius 2 is 1.61 bits per heavy atom. The Morgan fingerprint density at radius 3 is 2.33 bits per heavy atom. The van der Waals surface area contributed by atoms with Crippen LogP contribution in [0.5, 0.6) is 0 Å². The van der Waals surface area contributed by atoms with Crippen LogP contribution >= 0.6 is 0 Å². The fraction of sp³-hybridized carbons (Fsp3) is 0.290. The number of esters is 2. The Labute approximate surface area is 211 Å². The molecule has 5 nitrogen and oxygen atoms in total. The summed E-state index contributed by atoms with van der Waals surface area (Å²) in [5, 5.41) is 11.0. The van der Waals surface area contributed by atoms with Crippen LogP contribution in [0.15, 0.2) is 96.8 Å².